The topological polar surface area (TPSA) is 99.3 Å². The monoisotopic (exact) mass is 422 g/mol. The molecule has 0 spiro atoms. The molecule has 1 aromatic heterocycles. The van der Waals surface area contributed by atoms with Crippen molar-refractivity contribution in [3.05, 3.63) is 59.8 Å². The molecule has 6 heteroatoms. The predicted molar refractivity (Wildman–Crippen MR) is 121 cm³/mol. The van der Waals surface area contributed by atoms with Crippen LogP contribution in [-0.4, -0.2) is 33.8 Å². The minimum absolute atomic E-state index is 0.168. The summed E-state index contributed by atoms with van der Waals surface area (Å²) in [6.07, 6.45) is 10.3. The van der Waals surface area contributed by atoms with Crippen LogP contribution in [0.3, 0.4) is 0 Å². The number of aromatic amines is 1. The van der Waals surface area contributed by atoms with Crippen molar-refractivity contribution >= 4 is 28.6 Å². The Kier molecular flexibility index (Phi) is 7.45. The lowest BCUT2D eigenvalue weighted by molar-refractivity contribution is -0.141. The van der Waals surface area contributed by atoms with Crippen LogP contribution < -0.4 is 5.32 Å². The van der Waals surface area contributed by atoms with Crippen LogP contribution in [0.2, 0.25) is 0 Å². The molecule has 3 N–H and O–H groups in total. The van der Waals surface area contributed by atoms with E-state index in [4.69, 9.17) is 0 Å². The zero-order valence-corrected chi connectivity index (χ0v) is 18.1. The highest BCUT2D eigenvalue weighted by molar-refractivity contribution is 6.11. The van der Waals surface area contributed by atoms with Crippen molar-refractivity contribution in [2.45, 2.75) is 52.0 Å². The second-order valence-corrected chi connectivity index (χ2v) is 8.56. The number of allylic oxidation sites excluding steroid dienone is 3. The van der Waals surface area contributed by atoms with Crippen molar-refractivity contribution in [3.63, 3.8) is 0 Å². The number of carbonyl (C=O) groups is 3. The third-order valence-electron chi connectivity index (χ3n) is 5.55. The molecule has 1 amide bonds. The number of benzene rings is 1. The van der Waals surface area contributed by atoms with Crippen molar-refractivity contribution < 1.29 is 19.5 Å². The number of amides is 1. The van der Waals surface area contributed by atoms with Gasteiger partial charge in [-0.05, 0) is 43.2 Å². The van der Waals surface area contributed by atoms with Gasteiger partial charge >= 0.3 is 5.97 Å². The smallest absolute Gasteiger partial charge is 0.304 e. The molecule has 1 aliphatic carbocycles. The van der Waals surface area contributed by atoms with Gasteiger partial charge in [-0.1, -0.05) is 50.3 Å². The largest absolute Gasteiger partial charge is 0.481 e. The Morgan fingerprint density at radius 1 is 1.16 bits per heavy atom. The van der Waals surface area contributed by atoms with E-state index in [9.17, 15) is 19.5 Å². The Hall–Kier alpha value is -3.15. The maximum absolute atomic E-state index is 13.5. The molecule has 0 saturated carbocycles. The number of carboxylic acids is 1. The Morgan fingerprint density at radius 3 is 2.61 bits per heavy atom. The number of hydrogen-bond donors (Lipinski definition) is 3. The number of hydrogen-bond acceptors (Lipinski definition) is 3. The summed E-state index contributed by atoms with van der Waals surface area (Å²) >= 11 is 0. The molecule has 1 aliphatic rings. The summed E-state index contributed by atoms with van der Waals surface area (Å²) < 4.78 is 0. The van der Waals surface area contributed by atoms with E-state index in [0.717, 1.165) is 29.3 Å². The quantitative estimate of drug-likeness (QED) is 0.486. The van der Waals surface area contributed by atoms with Gasteiger partial charge in [0.1, 0.15) is 0 Å². The van der Waals surface area contributed by atoms with Gasteiger partial charge in [0.05, 0.1) is 12.5 Å². The fourth-order valence-electron chi connectivity index (χ4n) is 4.08. The number of carboxylic acid groups (broad SMARTS) is 1. The van der Waals surface area contributed by atoms with E-state index >= 15 is 0 Å². The highest BCUT2D eigenvalue weighted by atomic mass is 16.4. The fraction of sp³-hybridized carbons (Fsp3) is 0.400. The van der Waals surface area contributed by atoms with Gasteiger partial charge in [0.2, 0.25) is 5.91 Å². The molecule has 2 aromatic rings. The summed E-state index contributed by atoms with van der Waals surface area (Å²) in [7, 11) is 0. The Labute approximate surface area is 182 Å². The molecule has 2 atom stereocenters. The second-order valence-electron chi connectivity index (χ2n) is 8.56. The lowest BCUT2D eigenvalue weighted by atomic mass is 9.91. The van der Waals surface area contributed by atoms with Crippen LogP contribution >= 0.6 is 0 Å². The van der Waals surface area contributed by atoms with Crippen molar-refractivity contribution in [3.8, 4) is 0 Å². The number of rotatable bonds is 10. The molecule has 6 nitrogen and oxygen atoms in total. The number of ketones is 1. The third-order valence-corrected chi connectivity index (χ3v) is 5.55. The SMILES string of the molecule is CC(C)C[C@H](CC(=O)O)C(=O)N[C@H](CC1=CCCC=C1)C(=O)c1c[nH]c2ccccc12. The molecule has 3 rings (SSSR count). The Morgan fingerprint density at radius 2 is 1.94 bits per heavy atom. The molecular formula is C25H30N2O4. The summed E-state index contributed by atoms with van der Waals surface area (Å²) in [6, 6.07) is 6.79. The van der Waals surface area contributed by atoms with E-state index < -0.39 is 17.9 Å². The van der Waals surface area contributed by atoms with E-state index in [0.29, 0.717) is 18.4 Å². The van der Waals surface area contributed by atoms with Crippen LogP contribution in [0.4, 0.5) is 0 Å². The molecule has 31 heavy (non-hydrogen) atoms. The average Bonchev–Trinajstić information content (AvgIpc) is 3.16. The number of aromatic nitrogens is 1. The number of Topliss-reactive ketones (excluding diaryl/α,β-unsaturated/α-hetero) is 1. The van der Waals surface area contributed by atoms with Gasteiger partial charge in [-0.2, -0.15) is 0 Å². The normalized spacial score (nSPS) is 15.5. The highest BCUT2D eigenvalue weighted by Crippen LogP contribution is 2.24. The van der Waals surface area contributed by atoms with Crippen molar-refractivity contribution in [2.24, 2.45) is 11.8 Å². The summed E-state index contributed by atoms with van der Waals surface area (Å²) in [5.74, 6) is -2.08. The van der Waals surface area contributed by atoms with Gasteiger partial charge < -0.3 is 15.4 Å². The molecule has 0 aliphatic heterocycles. The number of fused-ring (bicyclic) bond motifs is 1. The van der Waals surface area contributed by atoms with Gasteiger partial charge in [0.15, 0.2) is 5.78 Å². The Bertz CT molecular complexity index is 1020. The van der Waals surface area contributed by atoms with E-state index in [1.807, 2.05) is 44.2 Å². The van der Waals surface area contributed by atoms with Crippen molar-refractivity contribution in [1.29, 1.82) is 0 Å². The maximum atomic E-state index is 13.5. The van der Waals surface area contributed by atoms with Crippen LogP contribution in [0.1, 0.15) is 56.3 Å². The van der Waals surface area contributed by atoms with Gasteiger partial charge in [-0.15, -0.1) is 0 Å². The standard InChI is InChI=1S/C25H30N2O4/c1-16(2)12-18(14-23(28)29)25(31)27-22(13-17-8-4-3-5-9-17)24(30)20-15-26-21-11-7-6-10-19(20)21/h4,6-11,15-16,18,22,26H,3,5,12-14H2,1-2H3,(H,27,31)(H,28,29)/t18-,22-/m1/s1. The minimum Gasteiger partial charge on any atom is -0.481 e. The molecule has 1 aromatic carbocycles. The summed E-state index contributed by atoms with van der Waals surface area (Å²) in [5, 5.41) is 12.9. The molecule has 0 bridgehead atoms. The molecule has 1 heterocycles. The lowest BCUT2D eigenvalue weighted by Gasteiger charge is -2.23. The first-order chi connectivity index (χ1) is 14.8. The van der Waals surface area contributed by atoms with E-state index in [1.54, 1.807) is 6.20 Å². The first-order valence-corrected chi connectivity index (χ1v) is 10.8. The fourth-order valence-corrected chi connectivity index (χ4v) is 4.08. The van der Waals surface area contributed by atoms with Gasteiger partial charge in [0.25, 0.3) is 0 Å². The van der Waals surface area contributed by atoms with E-state index in [-0.39, 0.29) is 24.0 Å². The molecule has 0 saturated heterocycles. The van der Waals surface area contributed by atoms with Crippen LogP contribution in [0.5, 0.6) is 0 Å². The van der Waals surface area contributed by atoms with Gasteiger partial charge in [0, 0.05) is 28.6 Å². The molecule has 0 radical (unpaired) electrons. The average molecular weight is 423 g/mol. The first kappa shape index (κ1) is 22.5. The summed E-state index contributed by atoms with van der Waals surface area (Å²) in [4.78, 5) is 40.9. The van der Waals surface area contributed by atoms with Crippen molar-refractivity contribution in [2.75, 3.05) is 0 Å². The number of carbonyl (C=O) groups excluding carboxylic acids is 2. The Balaban J connectivity index is 1.87. The van der Waals surface area contributed by atoms with E-state index in [1.165, 1.54) is 0 Å². The van der Waals surface area contributed by atoms with Crippen LogP contribution in [0, 0.1) is 11.8 Å². The minimum atomic E-state index is -1.02. The third kappa shape index (κ3) is 5.94. The van der Waals surface area contributed by atoms with Crippen molar-refractivity contribution in [1.82, 2.24) is 10.3 Å². The molecule has 0 fully saturated rings. The van der Waals surface area contributed by atoms with E-state index in [2.05, 4.69) is 22.5 Å². The predicted octanol–water partition coefficient (Wildman–Crippen LogP) is 4.64. The van der Waals surface area contributed by atoms with Crippen LogP contribution in [-0.2, 0) is 9.59 Å². The van der Waals surface area contributed by atoms with Crippen LogP contribution in [0.15, 0.2) is 54.3 Å². The zero-order valence-electron chi connectivity index (χ0n) is 18.1. The first-order valence-electron chi connectivity index (χ1n) is 10.8. The molecule has 164 valence electrons. The highest BCUT2D eigenvalue weighted by Gasteiger charge is 2.29. The zero-order chi connectivity index (χ0) is 22.4. The number of aliphatic carboxylic acids is 1. The molecule has 0 unspecified atom stereocenters. The summed E-state index contributed by atoms with van der Waals surface area (Å²) in [6.45, 7) is 3.91. The number of nitrogens with one attached hydrogen (secondary N) is 2. The van der Waals surface area contributed by atoms with Gasteiger partial charge in [-0.25, -0.2) is 0 Å². The van der Waals surface area contributed by atoms with Crippen LogP contribution in [0.25, 0.3) is 10.9 Å². The lowest BCUT2D eigenvalue weighted by Crippen LogP contribution is -2.44. The number of para-hydroxylation sites is 1. The molecular weight excluding hydrogens is 392 g/mol. The summed E-state index contributed by atoms with van der Waals surface area (Å²) in [5.41, 5.74) is 2.39. The maximum Gasteiger partial charge on any atom is 0.304 e. The number of H-pyrrole nitrogens is 1. The van der Waals surface area contributed by atoms with Gasteiger partial charge in [-0.3, -0.25) is 14.4 Å². The second kappa shape index (κ2) is 10.2.